The molecule has 0 bridgehead atoms. The molecule has 1 aliphatic heterocycles. The molecule has 0 unspecified atom stereocenters. The maximum Gasteiger partial charge on any atom is 0.119 e. The molecule has 30 heavy (non-hydrogen) atoms. The monoisotopic (exact) mass is 408 g/mol. The van der Waals surface area contributed by atoms with Crippen LogP contribution in [0.3, 0.4) is 0 Å². The van der Waals surface area contributed by atoms with E-state index in [0.717, 1.165) is 49.7 Å². The number of aliphatic imine (C=N–C) groups is 2. The summed E-state index contributed by atoms with van der Waals surface area (Å²) in [6, 6.07) is 16.7. The van der Waals surface area contributed by atoms with Gasteiger partial charge < -0.3 is 15.2 Å². The number of allylic oxidation sites excluding steroid dienone is 1. The molecule has 0 spiro atoms. The Morgan fingerprint density at radius 3 is 2.30 bits per heavy atom. The molecule has 6 heteroatoms. The average Bonchev–Trinajstić information content (AvgIpc) is 2.81. The molecule has 0 saturated carbocycles. The zero-order chi connectivity index (χ0) is 21.4. The van der Waals surface area contributed by atoms with E-state index in [1.54, 1.807) is 18.5 Å². The van der Waals surface area contributed by atoms with Crippen molar-refractivity contribution >= 4 is 12.9 Å². The normalized spacial score (nSPS) is 14.5. The van der Waals surface area contributed by atoms with Gasteiger partial charge in [-0.15, -0.1) is 0 Å². The number of rotatable bonds is 9. The Balaban J connectivity index is 0.00000155. The second kappa shape index (κ2) is 14.2. The third-order valence-electron chi connectivity index (χ3n) is 4.52. The van der Waals surface area contributed by atoms with Gasteiger partial charge in [0, 0.05) is 32.0 Å². The van der Waals surface area contributed by atoms with Gasteiger partial charge >= 0.3 is 0 Å². The lowest BCUT2D eigenvalue weighted by atomic mass is 10.1. The van der Waals surface area contributed by atoms with Crippen molar-refractivity contribution in [3.63, 3.8) is 0 Å². The van der Waals surface area contributed by atoms with Crippen LogP contribution in [0.4, 0.5) is 0 Å². The van der Waals surface area contributed by atoms with Crippen LogP contribution in [-0.4, -0.2) is 51.2 Å². The first-order valence-corrected chi connectivity index (χ1v) is 10.1. The number of nitrogens with zero attached hydrogens (tertiary/aromatic N) is 3. The van der Waals surface area contributed by atoms with Crippen LogP contribution in [-0.2, 0) is 24.4 Å². The van der Waals surface area contributed by atoms with Crippen LogP contribution in [0.25, 0.3) is 0 Å². The van der Waals surface area contributed by atoms with Crippen molar-refractivity contribution in [2.75, 3.05) is 33.4 Å². The Hall–Kier alpha value is -2.80. The number of morpholine rings is 1. The number of nitrogens with two attached hydrogens (primary N) is 1. The number of benzene rings is 2. The smallest absolute Gasteiger partial charge is 0.119 e. The van der Waals surface area contributed by atoms with Crippen molar-refractivity contribution < 1.29 is 9.47 Å². The summed E-state index contributed by atoms with van der Waals surface area (Å²) in [5.74, 6) is 0.891. The van der Waals surface area contributed by atoms with Crippen molar-refractivity contribution in [3.05, 3.63) is 77.5 Å². The van der Waals surface area contributed by atoms with Gasteiger partial charge in [0.25, 0.3) is 0 Å². The summed E-state index contributed by atoms with van der Waals surface area (Å²) in [6.45, 7) is 9.21. The average molecular weight is 409 g/mol. The van der Waals surface area contributed by atoms with Crippen LogP contribution in [0.1, 0.15) is 16.7 Å². The summed E-state index contributed by atoms with van der Waals surface area (Å²) in [5, 5.41) is 0. The minimum Gasteiger partial charge on any atom is -0.489 e. The van der Waals surface area contributed by atoms with Crippen molar-refractivity contribution in [3.8, 4) is 5.75 Å². The van der Waals surface area contributed by atoms with E-state index in [-0.39, 0.29) is 0 Å². The Kier molecular flexibility index (Phi) is 11.1. The molecule has 2 aromatic rings. The first kappa shape index (κ1) is 23.5. The van der Waals surface area contributed by atoms with E-state index in [4.69, 9.17) is 9.47 Å². The van der Waals surface area contributed by atoms with Crippen LogP contribution in [0.15, 0.2) is 70.8 Å². The minimum atomic E-state index is 0.556. The lowest BCUT2D eigenvalue weighted by Crippen LogP contribution is -2.35. The summed E-state index contributed by atoms with van der Waals surface area (Å²) in [6.07, 6.45) is 5.11. The predicted octanol–water partition coefficient (Wildman–Crippen LogP) is 3.46. The highest BCUT2D eigenvalue weighted by Crippen LogP contribution is 2.16. The SMILES string of the molecule is C=N/C=C\C=NCc1ccc(COc2ccc(CN3CCOCC3)cc2)cc1.CN. The summed E-state index contributed by atoms with van der Waals surface area (Å²) in [7, 11) is 1.50. The Bertz CT molecular complexity index is 780. The van der Waals surface area contributed by atoms with Gasteiger partial charge in [-0.3, -0.25) is 14.9 Å². The van der Waals surface area contributed by atoms with Crippen molar-refractivity contribution in [2.45, 2.75) is 19.7 Å². The largest absolute Gasteiger partial charge is 0.489 e. The van der Waals surface area contributed by atoms with Crippen LogP contribution in [0, 0.1) is 0 Å². The highest BCUT2D eigenvalue weighted by Gasteiger charge is 2.10. The molecule has 2 aromatic carbocycles. The Morgan fingerprint density at radius 1 is 1.00 bits per heavy atom. The highest BCUT2D eigenvalue weighted by atomic mass is 16.5. The third kappa shape index (κ3) is 8.69. The third-order valence-corrected chi connectivity index (χ3v) is 4.52. The lowest BCUT2D eigenvalue weighted by Gasteiger charge is -2.26. The van der Waals surface area contributed by atoms with Gasteiger partial charge in [-0.25, -0.2) is 0 Å². The van der Waals surface area contributed by atoms with Gasteiger partial charge in [0.05, 0.1) is 19.8 Å². The summed E-state index contributed by atoms with van der Waals surface area (Å²) >= 11 is 0. The topological polar surface area (TPSA) is 72.4 Å². The van der Waals surface area contributed by atoms with Crippen LogP contribution >= 0.6 is 0 Å². The molecule has 6 nitrogen and oxygen atoms in total. The van der Waals surface area contributed by atoms with Gasteiger partial charge in [-0.05, 0) is 48.7 Å². The molecule has 0 atom stereocenters. The molecule has 0 radical (unpaired) electrons. The summed E-state index contributed by atoms with van der Waals surface area (Å²) in [4.78, 5) is 10.4. The maximum absolute atomic E-state index is 5.91. The molecular weight excluding hydrogens is 376 g/mol. The first-order chi connectivity index (χ1) is 14.8. The van der Waals surface area contributed by atoms with Crippen molar-refractivity contribution in [2.24, 2.45) is 15.7 Å². The molecule has 0 aliphatic carbocycles. The number of hydrogen-bond donors (Lipinski definition) is 1. The number of hydrogen-bond acceptors (Lipinski definition) is 6. The molecule has 1 heterocycles. The van der Waals surface area contributed by atoms with Crippen molar-refractivity contribution in [1.29, 1.82) is 0 Å². The second-order valence-electron chi connectivity index (χ2n) is 6.65. The minimum absolute atomic E-state index is 0.556. The fourth-order valence-electron chi connectivity index (χ4n) is 2.93. The van der Waals surface area contributed by atoms with Gasteiger partial charge in [0.15, 0.2) is 0 Å². The van der Waals surface area contributed by atoms with E-state index in [1.807, 2.05) is 12.1 Å². The fraction of sp³-hybridized carbons (Fsp3) is 0.333. The molecule has 1 saturated heterocycles. The zero-order valence-electron chi connectivity index (χ0n) is 17.7. The van der Waals surface area contributed by atoms with Crippen LogP contribution < -0.4 is 10.5 Å². The zero-order valence-corrected chi connectivity index (χ0v) is 17.7. The Morgan fingerprint density at radius 2 is 1.63 bits per heavy atom. The van der Waals surface area contributed by atoms with E-state index in [2.05, 4.69) is 63.7 Å². The van der Waals surface area contributed by atoms with E-state index in [0.29, 0.717) is 13.2 Å². The van der Waals surface area contributed by atoms with E-state index in [9.17, 15) is 0 Å². The molecule has 1 fully saturated rings. The predicted molar refractivity (Wildman–Crippen MR) is 124 cm³/mol. The molecule has 2 N–H and O–H groups in total. The highest BCUT2D eigenvalue weighted by molar-refractivity contribution is 5.71. The molecular formula is C24H32N4O2. The molecule has 0 amide bonds. The van der Waals surface area contributed by atoms with Crippen molar-refractivity contribution in [1.82, 2.24) is 4.90 Å². The van der Waals surface area contributed by atoms with Crippen LogP contribution in [0.5, 0.6) is 5.75 Å². The quantitative estimate of drug-likeness (QED) is 0.645. The molecule has 160 valence electrons. The van der Waals surface area contributed by atoms with E-state index >= 15 is 0 Å². The van der Waals surface area contributed by atoms with E-state index in [1.165, 1.54) is 12.6 Å². The Labute approximate surface area is 179 Å². The van der Waals surface area contributed by atoms with E-state index < -0.39 is 0 Å². The standard InChI is InChI=1S/C23H27N3O2.CH5N/c1-24-11-2-12-25-17-20-3-5-22(6-4-20)19-28-23-9-7-21(8-10-23)18-26-13-15-27-16-14-26;1-2/h2-12H,1,13-19H2;2H2,1H3/b11-2-,25-12?;. The molecule has 0 aromatic heterocycles. The van der Waals surface area contributed by atoms with Crippen LogP contribution in [0.2, 0.25) is 0 Å². The van der Waals surface area contributed by atoms with Gasteiger partial charge in [-0.2, -0.15) is 0 Å². The maximum atomic E-state index is 5.91. The van der Waals surface area contributed by atoms with Gasteiger partial charge in [0.2, 0.25) is 0 Å². The first-order valence-electron chi connectivity index (χ1n) is 10.1. The summed E-state index contributed by atoms with van der Waals surface area (Å²) in [5.41, 5.74) is 8.10. The molecule has 3 rings (SSSR count). The van der Waals surface area contributed by atoms with Gasteiger partial charge in [-0.1, -0.05) is 36.4 Å². The van der Waals surface area contributed by atoms with Gasteiger partial charge in [0.1, 0.15) is 12.4 Å². The second-order valence-corrected chi connectivity index (χ2v) is 6.65. The lowest BCUT2D eigenvalue weighted by molar-refractivity contribution is 0.0342. The number of ether oxygens (including phenoxy) is 2. The molecule has 1 aliphatic rings. The fourth-order valence-corrected chi connectivity index (χ4v) is 2.93. The summed E-state index contributed by atoms with van der Waals surface area (Å²) < 4.78 is 11.3.